The highest BCUT2D eigenvalue weighted by molar-refractivity contribution is 9.10. The monoisotopic (exact) mass is 302 g/mol. The molecule has 0 saturated carbocycles. The molecule has 1 rings (SSSR count). The minimum Gasteiger partial charge on any atom is -0.315 e. The fourth-order valence-electron chi connectivity index (χ4n) is 1.26. The summed E-state index contributed by atoms with van der Waals surface area (Å²) >= 11 is 5.19. The van der Waals surface area contributed by atoms with Gasteiger partial charge in [-0.25, -0.2) is 4.98 Å². The smallest absolute Gasteiger partial charge is 0.0963 e. The van der Waals surface area contributed by atoms with E-state index in [0.717, 1.165) is 22.6 Å². The Balaban J connectivity index is 2.28. The second-order valence-corrected chi connectivity index (χ2v) is 6.67. The van der Waals surface area contributed by atoms with Gasteiger partial charge in [0.15, 0.2) is 0 Å². The van der Waals surface area contributed by atoms with Crippen molar-refractivity contribution < 1.29 is 0 Å². The zero-order valence-corrected chi connectivity index (χ0v) is 12.4. The average Bonchev–Trinajstić information content (AvgIpc) is 2.21. The molecule has 1 heterocycles. The molecule has 0 aliphatic heterocycles. The van der Waals surface area contributed by atoms with Crippen LogP contribution in [0.3, 0.4) is 0 Å². The first-order chi connectivity index (χ1) is 7.58. The summed E-state index contributed by atoms with van der Waals surface area (Å²) in [6.45, 7) is 8.78. The van der Waals surface area contributed by atoms with Gasteiger partial charge in [-0.3, -0.25) is 0 Å². The van der Waals surface area contributed by atoms with Gasteiger partial charge < -0.3 is 5.32 Å². The quantitative estimate of drug-likeness (QED) is 0.813. The second kappa shape index (κ2) is 7.30. The number of rotatable bonds is 6. The number of hydrogen-bond acceptors (Lipinski definition) is 3. The summed E-state index contributed by atoms with van der Waals surface area (Å²) in [5.74, 6) is 0.711. The molecule has 16 heavy (non-hydrogen) atoms. The molecule has 1 atom stereocenters. The van der Waals surface area contributed by atoms with E-state index in [2.05, 4.69) is 47.0 Å². The Morgan fingerprint density at radius 1 is 1.31 bits per heavy atom. The van der Waals surface area contributed by atoms with Crippen LogP contribution < -0.4 is 5.32 Å². The maximum Gasteiger partial charge on any atom is 0.0963 e. The van der Waals surface area contributed by atoms with Crippen LogP contribution in [0.25, 0.3) is 0 Å². The minimum atomic E-state index is 0.549. The lowest BCUT2D eigenvalue weighted by Gasteiger charge is -2.13. The number of hydrogen-bond donors (Lipinski definition) is 1. The van der Waals surface area contributed by atoms with Gasteiger partial charge in [-0.2, -0.15) is 0 Å². The largest absolute Gasteiger partial charge is 0.315 e. The van der Waals surface area contributed by atoms with E-state index < -0.39 is 0 Å². The summed E-state index contributed by atoms with van der Waals surface area (Å²) < 4.78 is 1.03. The van der Waals surface area contributed by atoms with Gasteiger partial charge in [-0.1, -0.05) is 20.8 Å². The highest BCUT2D eigenvalue weighted by Gasteiger charge is 2.05. The predicted octanol–water partition coefficient (Wildman–Crippen LogP) is 3.57. The molecule has 4 heteroatoms. The Labute approximate surface area is 111 Å². The van der Waals surface area contributed by atoms with Crippen LogP contribution in [0.2, 0.25) is 0 Å². The SMILES string of the molecule is CC(C)CNCC(C)Sc1ccc(Br)cn1. The van der Waals surface area contributed by atoms with Crippen LogP contribution >= 0.6 is 27.7 Å². The molecule has 0 spiro atoms. The molecule has 1 N–H and O–H groups in total. The summed E-state index contributed by atoms with van der Waals surface area (Å²) in [6.07, 6.45) is 1.84. The normalized spacial score (nSPS) is 13.1. The van der Waals surface area contributed by atoms with Gasteiger partial charge in [0, 0.05) is 22.5 Å². The Morgan fingerprint density at radius 2 is 2.06 bits per heavy atom. The van der Waals surface area contributed by atoms with Crippen LogP contribution in [0, 0.1) is 5.92 Å². The third-order valence-electron chi connectivity index (χ3n) is 2.01. The molecule has 90 valence electrons. The first-order valence-electron chi connectivity index (χ1n) is 5.57. The topological polar surface area (TPSA) is 24.9 Å². The van der Waals surface area contributed by atoms with E-state index in [-0.39, 0.29) is 0 Å². The molecule has 0 bridgehead atoms. The Kier molecular flexibility index (Phi) is 6.39. The second-order valence-electron chi connectivity index (χ2n) is 4.30. The molecular formula is C12H19BrN2S. The van der Waals surface area contributed by atoms with E-state index in [9.17, 15) is 0 Å². The molecule has 1 aromatic heterocycles. The highest BCUT2D eigenvalue weighted by atomic mass is 79.9. The van der Waals surface area contributed by atoms with Crippen LogP contribution in [0.5, 0.6) is 0 Å². The number of pyridine rings is 1. The van der Waals surface area contributed by atoms with E-state index in [0.29, 0.717) is 11.2 Å². The summed E-state index contributed by atoms with van der Waals surface area (Å²) in [4.78, 5) is 4.35. The van der Waals surface area contributed by atoms with Gasteiger partial charge in [0.25, 0.3) is 0 Å². The van der Waals surface area contributed by atoms with E-state index >= 15 is 0 Å². The van der Waals surface area contributed by atoms with Crippen LogP contribution in [0.4, 0.5) is 0 Å². The van der Waals surface area contributed by atoms with E-state index in [4.69, 9.17) is 0 Å². The Morgan fingerprint density at radius 3 is 2.62 bits per heavy atom. The maximum absolute atomic E-state index is 4.35. The summed E-state index contributed by atoms with van der Waals surface area (Å²) in [5.41, 5.74) is 0. The third kappa shape index (κ3) is 5.87. The van der Waals surface area contributed by atoms with Crippen molar-refractivity contribution in [2.24, 2.45) is 5.92 Å². The van der Waals surface area contributed by atoms with E-state index in [1.165, 1.54) is 0 Å². The zero-order valence-electron chi connectivity index (χ0n) is 10.0. The van der Waals surface area contributed by atoms with E-state index in [1.807, 2.05) is 30.1 Å². The van der Waals surface area contributed by atoms with Crippen molar-refractivity contribution in [3.05, 3.63) is 22.8 Å². The fraction of sp³-hybridized carbons (Fsp3) is 0.583. The van der Waals surface area contributed by atoms with Gasteiger partial charge in [-0.05, 0) is 40.5 Å². The third-order valence-corrected chi connectivity index (χ3v) is 3.53. The fourth-order valence-corrected chi connectivity index (χ4v) is 2.36. The molecule has 1 unspecified atom stereocenters. The first kappa shape index (κ1) is 14.0. The van der Waals surface area contributed by atoms with Crippen molar-refractivity contribution in [2.75, 3.05) is 13.1 Å². The first-order valence-corrected chi connectivity index (χ1v) is 7.24. The maximum atomic E-state index is 4.35. The van der Waals surface area contributed by atoms with Crippen molar-refractivity contribution in [3.8, 4) is 0 Å². The number of aromatic nitrogens is 1. The molecule has 0 radical (unpaired) electrons. The summed E-state index contributed by atoms with van der Waals surface area (Å²) in [7, 11) is 0. The lowest BCUT2D eigenvalue weighted by atomic mass is 10.2. The molecule has 0 amide bonds. The van der Waals surface area contributed by atoms with Gasteiger partial charge in [-0.15, -0.1) is 11.8 Å². The van der Waals surface area contributed by atoms with E-state index in [1.54, 1.807) is 0 Å². The van der Waals surface area contributed by atoms with Gasteiger partial charge in [0.1, 0.15) is 0 Å². The molecule has 0 fully saturated rings. The molecule has 2 nitrogen and oxygen atoms in total. The van der Waals surface area contributed by atoms with Gasteiger partial charge in [0.2, 0.25) is 0 Å². The summed E-state index contributed by atoms with van der Waals surface area (Å²) in [5, 5.41) is 5.09. The number of nitrogens with one attached hydrogen (secondary N) is 1. The molecule has 0 aliphatic carbocycles. The van der Waals surface area contributed by atoms with Crippen molar-refractivity contribution in [1.29, 1.82) is 0 Å². The lowest BCUT2D eigenvalue weighted by molar-refractivity contribution is 0.554. The minimum absolute atomic E-state index is 0.549. The predicted molar refractivity (Wildman–Crippen MR) is 75.0 cm³/mol. The van der Waals surface area contributed by atoms with Crippen molar-refractivity contribution in [3.63, 3.8) is 0 Å². The van der Waals surface area contributed by atoms with Crippen LogP contribution in [-0.2, 0) is 0 Å². The molecule has 1 aromatic rings. The highest BCUT2D eigenvalue weighted by Crippen LogP contribution is 2.21. The summed E-state index contributed by atoms with van der Waals surface area (Å²) in [6, 6.07) is 4.08. The van der Waals surface area contributed by atoms with Crippen LogP contribution in [0.15, 0.2) is 27.8 Å². The van der Waals surface area contributed by atoms with Crippen molar-refractivity contribution in [2.45, 2.75) is 31.0 Å². The molecule has 0 aliphatic rings. The molecule has 0 saturated heterocycles. The average molecular weight is 303 g/mol. The zero-order chi connectivity index (χ0) is 12.0. The van der Waals surface area contributed by atoms with Crippen LogP contribution in [0.1, 0.15) is 20.8 Å². The molecule has 0 aromatic carbocycles. The standard InChI is InChI=1S/C12H19BrN2S/c1-9(2)6-14-7-10(3)16-12-5-4-11(13)8-15-12/h4-5,8-10,14H,6-7H2,1-3H3. The number of nitrogens with zero attached hydrogens (tertiary/aromatic N) is 1. The Bertz CT molecular complexity index is 300. The lowest BCUT2D eigenvalue weighted by Crippen LogP contribution is -2.26. The Hall–Kier alpha value is -0.0600. The molecular weight excluding hydrogens is 284 g/mol. The number of halogens is 1. The van der Waals surface area contributed by atoms with Gasteiger partial charge in [0.05, 0.1) is 5.03 Å². The van der Waals surface area contributed by atoms with Crippen molar-refractivity contribution in [1.82, 2.24) is 10.3 Å². The van der Waals surface area contributed by atoms with Crippen molar-refractivity contribution >= 4 is 27.7 Å². The van der Waals surface area contributed by atoms with Crippen LogP contribution in [-0.4, -0.2) is 23.3 Å². The number of thioether (sulfide) groups is 1. The van der Waals surface area contributed by atoms with Gasteiger partial charge >= 0.3 is 0 Å².